The highest BCUT2D eigenvalue weighted by atomic mass is 35.5. The van der Waals surface area contributed by atoms with Gasteiger partial charge in [-0.3, -0.25) is 9.52 Å². The number of sulfonamides is 1. The Morgan fingerprint density at radius 3 is 2.59 bits per heavy atom. The Morgan fingerprint density at radius 1 is 1.45 bits per heavy atom. The fourth-order valence-electron chi connectivity index (χ4n) is 2.11. The number of hydrogen-bond donors (Lipinski definition) is 3. The molecule has 0 heterocycles. The Kier molecular flexibility index (Phi) is 6.16. The molecular weight excluding hydrogens is 333 g/mol. The highest BCUT2D eigenvalue weighted by molar-refractivity contribution is 7.92. The third kappa shape index (κ3) is 5.11. The molecule has 1 unspecified atom stereocenters. The third-order valence-corrected chi connectivity index (χ3v) is 3.87. The zero-order valence-electron chi connectivity index (χ0n) is 12.0. The highest BCUT2D eigenvalue weighted by Crippen LogP contribution is 2.32. The number of benzene rings is 1. The SMILES string of the molecule is CS(=O)(=O)Nc1ccc(F)cc1C(=O)NC(CN)C1CC1.Cl. The van der Waals surface area contributed by atoms with Crippen molar-refractivity contribution in [1.29, 1.82) is 0 Å². The van der Waals surface area contributed by atoms with Crippen LogP contribution in [-0.2, 0) is 10.0 Å². The van der Waals surface area contributed by atoms with Gasteiger partial charge in [0.05, 0.1) is 17.5 Å². The van der Waals surface area contributed by atoms with Crippen LogP contribution in [-0.4, -0.2) is 33.2 Å². The Bertz CT molecular complexity index is 650. The number of amides is 1. The average Bonchev–Trinajstić information content (AvgIpc) is 3.20. The van der Waals surface area contributed by atoms with Gasteiger partial charge in [-0.2, -0.15) is 0 Å². The quantitative estimate of drug-likeness (QED) is 0.714. The van der Waals surface area contributed by atoms with Crippen LogP contribution in [0.3, 0.4) is 0 Å². The molecule has 6 nitrogen and oxygen atoms in total. The third-order valence-electron chi connectivity index (χ3n) is 3.28. The van der Waals surface area contributed by atoms with E-state index in [-0.39, 0.29) is 29.7 Å². The van der Waals surface area contributed by atoms with E-state index >= 15 is 0 Å². The van der Waals surface area contributed by atoms with Crippen molar-refractivity contribution in [2.24, 2.45) is 11.7 Å². The lowest BCUT2D eigenvalue weighted by Crippen LogP contribution is -2.42. The molecule has 1 aromatic carbocycles. The fourth-order valence-corrected chi connectivity index (χ4v) is 2.68. The van der Waals surface area contributed by atoms with Gasteiger partial charge in [0.25, 0.3) is 5.91 Å². The van der Waals surface area contributed by atoms with Crippen molar-refractivity contribution >= 4 is 34.0 Å². The summed E-state index contributed by atoms with van der Waals surface area (Å²) >= 11 is 0. The summed E-state index contributed by atoms with van der Waals surface area (Å²) in [7, 11) is -3.56. The van der Waals surface area contributed by atoms with Crippen molar-refractivity contribution in [3.05, 3.63) is 29.6 Å². The fraction of sp³-hybridized carbons (Fsp3) is 0.462. The summed E-state index contributed by atoms with van der Waals surface area (Å²) in [6.45, 7) is 0.292. The van der Waals surface area contributed by atoms with Crippen molar-refractivity contribution in [3.8, 4) is 0 Å². The maximum Gasteiger partial charge on any atom is 0.253 e. The maximum atomic E-state index is 13.3. The molecule has 1 aliphatic carbocycles. The minimum atomic E-state index is -3.56. The van der Waals surface area contributed by atoms with Gasteiger partial charge in [-0.05, 0) is 37.0 Å². The molecule has 0 saturated heterocycles. The topological polar surface area (TPSA) is 101 Å². The summed E-state index contributed by atoms with van der Waals surface area (Å²) in [5.41, 5.74) is 5.60. The minimum Gasteiger partial charge on any atom is -0.348 e. The van der Waals surface area contributed by atoms with Crippen molar-refractivity contribution in [2.45, 2.75) is 18.9 Å². The molecule has 1 saturated carbocycles. The molecule has 1 atom stereocenters. The van der Waals surface area contributed by atoms with Gasteiger partial charge >= 0.3 is 0 Å². The molecule has 22 heavy (non-hydrogen) atoms. The number of carbonyl (C=O) groups is 1. The van der Waals surface area contributed by atoms with Crippen molar-refractivity contribution < 1.29 is 17.6 Å². The van der Waals surface area contributed by atoms with Gasteiger partial charge in [0, 0.05) is 12.6 Å². The standard InChI is InChI=1S/C13H18FN3O3S.ClH/c1-21(19,20)17-11-5-4-9(14)6-10(11)13(18)16-12(7-15)8-2-3-8;/h4-6,8,12,17H,2-3,7,15H2,1H3,(H,16,18);1H. The predicted octanol–water partition coefficient (Wildman–Crippen LogP) is 1.09. The van der Waals surface area contributed by atoms with E-state index < -0.39 is 21.7 Å². The van der Waals surface area contributed by atoms with Crippen LogP contribution in [0.5, 0.6) is 0 Å². The Balaban J connectivity index is 0.00000242. The van der Waals surface area contributed by atoms with E-state index in [2.05, 4.69) is 10.0 Å². The number of rotatable bonds is 6. The van der Waals surface area contributed by atoms with E-state index in [9.17, 15) is 17.6 Å². The Hall–Kier alpha value is -1.38. The first-order chi connectivity index (χ1) is 9.80. The van der Waals surface area contributed by atoms with Crippen LogP contribution in [0.4, 0.5) is 10.1 Å². The molecule has 0 aromatic heterocycles. The van der Waals surface area contributed by atoms with Gasteiger partial charge in [-0.1, -0.05) is 0 Å². The zero-order chi connectivity index (χ0) is 15.6. The average molecular weight is 352 g/mol. The second-order valence-electron chi connectivity index (χ2n) is 5.22. The van der Waals surface area contributed by atoms with Crippen LogP contribution >= 0.6 is 12.4 Å². The summed E-state index contributed by atoms with van der Waals surface area (Å²) in [6, 6.07) is 3.14. The first-order valence-electron chi connectivity index (χ1n) is 6.58. The molecule has 4 N–H and O–H groups in total. The lowest BCUT2D eigenvalue weighted by molar-refractivity contribution is 0.0934. The van der Waals surface area contributed by atoms with E-state index in [1.807, 2.05) is 0 Å². The van der Waals surface area contributed by atoms with Crippen LogP contribution < -0.4 is 15.8 Å². The van der Waals surface area contributed by atoms with Gasteiger partial charge in [0.15, 0.2) is 0 Å². The van der Waals surface area contributed by atoms with E-state index in [4.69, 9.17) is 5.73 Å². The van der Waals surface area contributed by atoms with Gasteiger partial charge in [0.1, 0.15) is 5.82 Å². The number of nitrogens with one attached hydrogen (secondary N) is 2. The Morgan fingerprint density at radius 2 is 2.09 bits per heavy atom. The van der Waals surface area contributed by atoms with Gasteiger partial charge in [-0.15, -0.1) is 12.4 Å². The van der Waals surface area contributed by atoms with E-state index in [1.165, 1.54) is 6.07 Å². The second-order valence-corrected chi connectivity index (χ2v) is 6.97. The summed E-state index contributed by atoms with van der Waals surface area (Å²) in [5, 5.41) is 2.73. The predicted molar refractivity (Wildman–Crippen MR) is 85.1 cm³/mol. The minimum absolute atomic E-state index is 0. The van der Waals surface area contributed by atoms with Crippen LogP contribution in [0, 0.1) is 11.7 Å². The summed E-state index contributed by atoms with van der Waals surface area (Å²) in [6.07, 6.45) is 2.96. The molecule has 0 spiro atoms. The molecular formula is C13H19ClFN3O3S. The van der Waals surface area contributed by atoms with Gasteiger partial charge in [-0.25, -0.2) is 12.8 Å². The summed E-state index contributed by atoms with van der Waals surface area (Å²) in [4.78, 5) is 12.2. The van der Waals surface area contributed by atoms with Crippen molar-refractivity contribution in [1.82, 2.24) is 5.32 Å². The van der Waals surface area contributed by atoms with Gasteiger partial charge < -0.3 is 11.1 Å². The largest absolute Gasteiger partial charge is 0.348 e. The smallest absolute Gasteiger partial charge is 0.253 e. The van der Waals surface area contributed by atoms with Crippen LogP contribution in [0.25, 0.3) is 0 Å². The van der Waals surface area contributed by atoms with Crippen molar-refractivity contribution in [3.63, 3.8) is 0 Å². The molecule has 124 valence electrons. The van der Waals surface area contributed by atoms with Crippen LogP contribution in [0.2, 0.25) is 0 Å². The first kappa shape index (κ1) is 18.7. The van der Waals surface area contributed by atoms with Gasteiger partial charge in [0.2, 0.25) is 10.0 Å². The lowest BCUT2D eigenvalue weighted by Gasteiger charge is -2.17. The molecule has 1 aromatic rings. The monoisotopic (exact) mass is 351 g/mol. The number of anilines is 1. The molecule has 1 aliphatic rings. The number of hydrogen-bond acceptors (Lipinski definition) is 4. The normalized spacial score (nSPS) is 15.6. The van der Waals surface area contributed by atoms with Crippen molar-refractivity contribution in [2.75, 3.05) is 17.5 Å². The maximum absolute atomic E-state index is 13.3. The number of halogens is 2. The molecule has 0 bridgehead atoms. The number of nitrogens with two attached hydrogens (primary N) is 1. The Labute approximate surface area is 135 Å². The molecule has 1 amide bonds. The highest BCUT2D eigenvalue weighted by Gasteiger charge is 2.31. The second kappa shape index (κ2) is 7.26. The van der Waals surface area contributed by atoms with E-state index in [0.717, 1.165) is 31.2 Å². The summed E-state index contributed by atoms with van der Waals surface area (Å²) < 4.78 is 38.2. The molecule has 0 radical (unpaired) electrons. The molecule has 9 heteroatoms. The zero-order valence-corrected chi connectivity index (χ0v) is 13.6. The summed E-state index contributed by atoms with van der Waals surface area (Å²) in [5.74, 6) is -0.809. The molecule has 0 aliphatic heterocycles. The number of carbonyl (C=O) groups excluding carboxylic acids is 1. The van der Waals surface area contributed by atoms with E-state index in [0.29, 0.717) is 12.5 Å². The molecule has 2 rings (SSSR count). The lowest BCUT2D eigenvalue weighted by atomic mass is 10.1. The first-order valence-corrected chi connectivity index (χ1v) is 8.47. The van der Waals surface area contributed by atoms with E-state index in [1.54, 1.807) is 0 Å². The van der Waals surface area contributed by atoms with Crippen LogP contribution in [0.1, 0.15) is 23.2 Å². The van der Waals surface area contributed by atoms with Crippen LogP contribution in [0.15, 0.2) is 18.2 Å². The molecule has 1 fully saturated rings.